The molecule has 3 rings (SSSR count). The lowest BCUT2D eigenvalue weighted by molar-refractivity contribution is -0.141. The van der Waals surface area contributed by atoms with Crippen LogP contribution in [0, 0.1) is 12.7 Å². The van der Waals surface area contributed by atoms with Crippen LogP contribution >= 0.6 is 0 Å². The van der Waals surface area contributed by atoms with Crippen LogP contribution in [0.5, 0.6) is 0 Å². The molecule has 2 aromatic heterocycles. The Bertz CT molecular complexity index is 1000. The van der Waals surface area contributed by atoms with E-state index < -0.39 is 23.6 Å². The fraction of sp³-hybridized carbons (Fsp3) is 0.222. The number of aromatic nitrogens is 3. The van der Waals surface area contributed by atoms with Gasteiger partial charge in [0, 0.05) is 24.0 Å². The topological polar surface area (TPSA) is 67.8 Å². The number of nitrogens with zero attached hydrogens (tertiary/aromatic N) is 3. The van der Waals surface area contributed by atoms with Crippen LogP contribution in [0.2, 0.25) is 0 Å². The van der Waals surface area contributed by atoms with E-state index in [1.807, 2.05) is 0 Å². The van der Waals surface area contributed by atoms with Crippen LogP contribution in [0.4, 0.5) is 17.6 Å². The Balaban J connectivity index is 1.68. The number of hydrogen-bond acceptors (Lipinski definition) is 4. The molecular weight excluding hydrogens is 364 g/mol. The van der Waals surface area contributed by atoms with E-state index in [0.717, 1.165) is 6.07 Å². The zero-order chi connectivity index (χ0) is 19.6. The van der Waals surface area contributed by atoms with E-state index in [2.05, 4.69) is 20.3 Å². The van der Waals surface area contributed by atoms with Gasteiger partial charge in [0.1, 0.15) is 28.5 Å². The summed E-state index contributed by atoms with van der Waals surface area (Å²) in [5.74, 6) is -1.14. The maximum Gasteiger partial charge on any atom is 0.433 e. The van der Waals surface area contributed by atoms with Crippen molar-refractivity contribution in [3.8, 4) is 0 Å². The molecule has 1 aromatic carbocycles. The number of aryl methyl sites for hydroxylation is 1. The van der Waals surface area contributed by atoms with Crippen LogP contribution < -0.4 is 5.32 Å². The van der Waals surface area contributed by atoms with Gasteiger partial charge in [-0.15, -0.1) is 0 Å². The molecule has 9 heteroatoms. The monoisotopic (exact) mass is 378 g/mol. The average molecular weight is 378 g/mol. The minimum atomic E-state index is -4.56. The quantitative estimate of drug-likeness (QED) is 0.706. The van der Waals surface area contributed by atoms with E-state index in [4.69, 9.17) is 0 Å². The van der Waals surface area contributed by atoms with E-state index in [1.165, 1.54) is 25.1 Å². The SMILES string of the molecule is Cc1cc(C(F)(F)F)nc(CCNC(=O)c2ccc3cccc(F)c3n2)n1. The first-order valence-electron chi connectivity index (χ1n) is 7.99. The van der Waals surface area contributed by atoms with E-state index in [9.17, 15) is 22.4 Å². The smallest absolute Gasteiger partial charge is 0.350 e. The van der Waals surface area contributed by atoms with Gasteiger partial charge in [0.15, 0.2) is 0 Å². The molecule has 5 nitrogen and oxygen atoms in total. The predicted octanol–water partition coefficient (Wildman–Crippen LogP) is 3.46. The van der Waals surface area contributed by atoms with Gasteiger partial charge in [-0.2, -0.15) is 13.2 Å². The highest BCUT2D eigenvalue weighted by atomic mass is 19.4. The number of halogens is 4. The van der Waals surface area contributed by atoms with Crippen molar-refractivity contribution in [3.05, 3.63) is 65.1 Å². The lowest BCUT2D eigenvalue weighted by atomic mass is 10.2. The van der Waals surface area contributed by atoms with Crippen molar-refractivity contribution >= 4 is 16.8 Å². The Morgan fingerprint density at radius 1 is 1.11 bits per heavy atom. The summed E-state index contributed by atoms with van der Waals surface area (Å²) in [6.07, 6.45) is -4.55. The second-order valence-electron chi connectivity index (χ2n) is 5.82. The van der Waals surface area contributed by atoms with Gasteiger partial charge >= 0.3 is 6.18 Å². The van der Waals surface area contributed by atoms with Gasteiger partial charge in [-0.05, 0) is 25.1 Å². The molecule has 0 saturated heterocycles. The zero-order valence-electron chi connectivity index (χ0n) is 14.1. The highest BCUT2D eigenvalue weighted by Gasteiger charge is 2.33. The lowest BCUT2D eigenvalue weighted by Crippen LogP contribution is -2.27. The number of pyridine rings is 1. The van der Waals surface area contributed by atoms with Gasteiger partial charge in [0.05, 0.1) is 0 Å². The Kier molecular flexibility index (Phi) is 5.02. The molecule has 0 bridgehead atoms. The second kappa shape index (κ2) is 7.26. The molecule has 27 heavy (non-hydrogen) atoms. The molecule has 0 unspecified atom stereocenters. The van der Waals surface area contributed by atoms with Crippen molar-refractivity contribution in [2.75, 3.05) is 6.54 Å². The molecule has 0 aliphatic rings. The number of benzene rings is 1. The highest BCUT2D eigenvalue weighted by molar-refractivity contribution is 5.94. The summed E-state index contributed by atoms with van der Waals surface area (Å²) >= 11 is 0. The van der Waals surface area contributed by atoms with Crippen LogP contribution in [0.15, 0.2) is 36.4 Å². The molecule has 0 aliphatic heterocycles. The summed E-state index contributed by atoms with van der Waals surface area (Å²) < 4.78 is 52.1. The number of fused-ring (bicyclic) bond motifs is 1. The number of alkyl halides is 3. The highest BCUT2D eigenvalue weighted by Crippen LogP contribution is 2.27. The van der Waals surface area contributed by atoms with Crippen molar-refractivity contribution in [2.45, 2.75) is 19.5 Å². The predicted molar refractivity (Wildman–Crippen MR) is 89.5 cm³/mol. The van der Waals surface area contributed by atoms with Crippen molar-refractivity contribution in [2.24, 2.45) is 0 Å². The maximum absolute atomic E-state index is 13.8. The summed E-state index contributed by atoms with van der Waals surface area (Å²) in [4.78, 5) is 23.6. The number of rotatable bonds is 4. The average Bonchev–Trinajstić information content (AvgIpc) is 2.60. The molecule has 0 aliphatic carbocycles. The number of amides is 1. The molecular formula is C18H14F4N4O. The first kappa shape index (κ1) is 18.7. The first-order valence-corrected chi connectivity index (χ1v) is 7.99. The first-order chi connectivity index (χ1) is 12.7. The third kappa shape index (κ3) is 4.36. The molecule has 2 heterocycles. The molecule has 0 fully saturated rings. The summed E-state index contributed by atoms with van der Waals surface area (Å²) in [5, 5.41) is 3.08. The number of carbonyl (C=O) groups excluding carboxylic acids is 1. The molecule has 0 radical (unpaired) electrons. The van der Waals surface area contributed by atoms with Crippen LogP contribution in [-0.2, 0) is 12.6 Å². The Morgan fingerprint density at radius 3 is 2.63 bits per heavy atom. The maximum atomic E-state index is 13.8. The van der Waals surface area contributed by atoms with Gasteiger partial charge in [-0.1, -0.05) is 18.2 Å². The van der Waals surface area contributed by atoms with Crippen molar-refractivity contribution in [1.82, 2.24) is 20.3 Å². The molecule has 0 saturated carbocycles. The minimum Gasteiger partial charge on any atom is -0.350 e. The van der Waals surface area contributed by atoms with E-state index in [0.29, 0.717) is 5.39 Å². The Morgan fingerprint density at radius 2 is 1.89 bits per heavy atom. The largest absolute Gasteiger partial charge is 0.433 e. The summed E-state index contributed by atoms with van der Waals surface area (Å²) in [6.45, 7) is 1.45. The fourth-order valence-electron chi connectivity index (χ4n) is 2.50. The standard InChI is InChI=1S/C18H14F4N4O/c1-10-9-14(18(20,21)22)26-15(24-10)7-8-23-17(27)13-6-5-11-3-2-4-12(19)16(11)25-13/h2-6,9H,7-8H2,1H3,(H,23,27). The zero-order valence-corrected chi connectivity index (χ0v) is 14.1. The van der Waals surface area contributed by atoms with Crippen molar-refractivity contribution in [3.63, 3.8) is 0 Å². The number of nitrogens with one attached hydrogen (secondary N) is 1. The minimum absolute atomic E-state index is 0.00809. The third-order valence-corrected chi connectivity index (χ3v) is 3.73. The van der Waals surface area contributed by atoms with Gasteiger partial charge in [0.25, 0.3) is 5.91 Å². The molecule has 1 N–H and O–H groups in total. The fourth-order valence-corrected chi connectivity index (χ4v) is 2.50. The Hall–Kier alpha value is -3.10. The van der Waals surface area contributed by atoms with Gasteiger partial charge in [-0.3, -0.25) is 4.79 Å². The number of hydrogen-bond donors (Lipinski definition) is 1. The van der Waals surface area contributed by atoms with Crippen molar-refractivity contribution in [1.29, 1.82) is 0 Å². The molecule has 3 aromatic rings. The molecule has 0 atom stereocenters. The molecule has 0 spiro atoms. The third-order valence-electron chi connectivity index (χ3n) is 3.73. The Labute approximate surface area is 151 Å². The van der Waals surface area contributed by atoms with E-state index in [-0.39, 0.29) is 35.7 Å². The van der Waals surface area contributed by atoms with Crippen LogP contribution in [0.1, 0.15) is 27.7 Å². The molecule has 1 amide bonds. The summed E-state index contributed by atoms with van der Waals surface area (Å²) in [5.41, 5.74) is -0.760. The van der Waals surface area contributed by atoms with E-state index in [1.54, 1.807) is 12.1 Å². The number of para-hydroxylation sites is 1. The van der Waals surface area contributed by atoms with Gasteiger partial charge in [-0.25, -0.2) is 19.3 Å². The normalized spacial score (nSPS) is 11.6. The van der Waals surface area contributed by atoms with Gasteiger partial charge in [0.2, 0.25) is 0 Å². The van der Waals surface area contributed by atoms with Crippen LogP contribution in [0.25, 0.3) is 10.9 Å². The second-order valence-corrected chi connectivity index (χ2v) is 5.82. The van der Waals surface area contributed by atoms with Gasteiger partial charge < -0.3 is 5.32 Å². The lowest BCUT2D eigenvalue weighted by Gasteiger charge is -2.09. The summed E-state index contributed by atoms with van der Waals surface area (Å²) in [6, 6.07) is 8.32. The molecule has 140 valence electrons. The summed E-state index contributed by atoms with van der Waals surface area (Å²) in [7, 11) is 0. The van der Waals surface area contributed by atoms with E-state index >= 15 is 0 Å². The van der Waals surface area contributed by atoms with Crippen LogP contribution in [0.3, 0.4) is 0 Å². The number of carbonyl (C=O) groups is 1. The van der Waals surface area contributed by atoms with Crippen LogP contribution in [-0.4, -0.2) is 27.4 Å². The van der Waals surface area contributed by atoms with Crippen molar-refractivity contribution < 1.29 is 22.4 Å².